The molecule has 1 heterocycles. The van der Waals surface area contributed by atoms with Crippen molar-refractivity contribution in [3.05, 3.63) is 51.3 Å². The summed E-state index contributed by atoms with van der Waals surface area (Å²) in [5, 5.41) is 28.0. The number of hydrogen-bond acceptors (Lipinski definition) is 5. The molecule has 0 amide bonds. The number of aromatic nitrogens is 3. The zero-order valence-electron chi connectivity index (χ0n) is 12.1. The molecule has 21 heavy (non-hydrogen) atoms. The Bertz CT molecular complexity index is 620. The minimum atomic E-state index is -0.423. The summed E-state index contributed by atoms with van der Waals surface area (Å²) in [7, 11) is 0. The van der Waals surface area contributed by atoms with Gasteiger partial charge in [0.15, 0.2) is 0 Å². The zero-order valence-corrected chi connectivity index (χ0v) is 12.1. The lowest BCUT2D eigenvalue weighted by molar-refractivity contribution is -0.384. The first-order valence-electron chi connectivity index (χ1n) is 6.76. The fraction of sp³-hybridized carbons (Fsp3) is 0.429. The SMILES string of the molecule is CC(C)Cc1c(CO)nnn1Cc1ccc([N+](=O)[O-])cc1. The Morgan fingerprint density at radius 1 is 1.33 bits per heavy atom. The molecule has 1 N–H and O–H groups in total. The fourth-order valence-corrected chi connectivity index (χ4v) is 2.12. The molecule has 1 aromatic carbocycles. The molecule has 0 atom stereocenters. The maximum atomic E-state index is 10.6. The summed E-state index contributed by atoms with van der Waals surface area (Å²) in [5.74, 6) is 0.421. The number of non-ortho nitro benzene ring substituents is 1. The molecule has 0 bridgehead atoms. The van der Waals surface area contributed by atoms with E-state index in [1.165, 1.54) is 12.1 Å². The summed E-state index contributed by atoms with van der Waals surface area (Å²) >= 11 is 0. The molecule has 0 fully saturated rings. The van der Waals surface area contributed by atoms with E-state index in [1.54, 1.807) is 16.8 Å². The lowest BCUT2D eigenvalue weighted by Gasteiger charge is -2.09. The first-order valence-corrected chi connectivity index (χ1v) is 6.76. The molecule has 0 aliphatic carbocycles. The van der Waals surface area contributed by atoms with Gasteiger partial charge in [-0.3, -0.25) is 10.1 Å². The van der Waals surface area contributed by atoms with Gasteiger partial charge in [0.1, 0.15) is 5.69 Å². The Morgan fingerprint density at radius 2 is 2.00 bits per heavy atom. The normalized spacial score (nSPS) is 11.0. The molecule has 1 aromatic heterocycles. The molecule has 0 spiro atoms. The topological polar surface area (TPSA) is 94.1 Å². The molecule has 0 saturated carbocycles. The van der Waals surface area contributed by atoms with E-state index in [0.29, 0.717) is 18.2 Å². The Labute approximate surface area is 122 Å². The second-order valence-electron chi connectivity index (χ2n) is 5.32. The van der Waals surface area contributed by atoms with Crippen LogP contribution in [0.4, 0.5) is 5.69 Å². The van der Waals surface area contributed by atoms with Crippen molar-refractivity contribution in [1.29, 1.82) is 0 Å². The van der Waals surface area contributed by atoms with Gasteiger partial charge in [0, 0.05) is 12.1 Å². The standard InChI is InChI=1S/C14H18N4O3/c1-10(2)7-14-13(9-19)15-16-17(14)8-11-3-5-12(6-4-11)18(20)21/h3-6,10,19H,7-9H2,1-2H3. The smallest absolute Gasteiger partial charge is 0.269 e. The summed E-state index contributed by atoms with van der Waals surface area (Å²) in [4.78, 5) is 10.2. The first kappa shape index (κ1) is 15.1. The van der Waals surface area contributed by atoms with Gasteiger partial charge in [0.05, 0.1) is 23.8 Å². The first-order chi connectivity index (χ1) is 10.0. The molecular weight excluding hydrogens is 272 g/mol. The zero-order chi connectivity index (χ0) is 15.4. The maximum Gasteiger partial charge on any atom is 0.269 e. The van der Waals surface area contributed by atoms with Crippen LogP contribution in [0.5, 0.6) is 0 Å². The van der Waals surface area contributed by atoms with Gasteiger partial charge in [-0.1, -0.05) is 31.2 Å². The monoisotopic (exact) mass is 290 g/mol. The second kappa shape index (κ2) is 6.45. The van der Waals surface area contributed by atoms with Crippen molar-refractivity contribution in [2.45, 2.75) is 33.4 Å². The van der Waals surface area contributed by atoms with Crippen LogP contribution in [0.25, 0.3) is 0 Å². The van der Waals surface area contributed by atoms with Crippen molar-refractivity contribution in [3.63, 3.8) is 0 Å². The van der Waals surface area contributed by atoms with Crippen molar-refractivity contribution < 1.29 is 10.0 Å². The van der Waals surface area contributed by atoms with Crippen molar-refractivity contribution in [2.24, 2.45) is 5.92 Å². The summed E-state index contributed by atoms with van der Waals surface area (Å²) in [6.07, 6.45) is 0.774. The maximum absolute atomic E-state index is 10.6. The van der Waals surface area contributed by atoms with Crippen LogP contribution < -0.4 is 0 Å². The summed E-state index contributed by atoms with van der Waals surface area (Å²) in [5.41, 5.74) is 2.47. The van der Waals surface area contributed by atoms with Gasteiger partial charge >= 0.3 is 0 Å². The Balaban J connectivity index is 2.22. The third-order valence-electron chi connectivity index (χ3n) is 3.15. The van der Waals surface area contributed by atoms with E-state index < -0.39 is 4.92 Å². The van der Waals surface area contributed by atoms with Crippen LogP contribution in [0.3, 0.4) is 0 Å². The molecule has 7 nitrogen and oxygen atoms in total. The van der Waals surface area contributed by atoms with E-state index in [4.69, 9.17) is 0 Å². The number of benzene rings is 1. The third kappa shape index (κ3) is 3.63. The molecule has 7 heteroatoms. The molecule has 112 valence electrons. The van der Waals surface area contributed by atoms with Crippen LogP contribution in [0.1, 0.15) is 30.8 Å². The summed E-state index contributed by atoms with van der Waals surface area (Å²) < 4.78 is 1.74. The largest absolute Gasteiger partial charge is 0.390 e. The summed E-state index contributed by atoms with van der Waals surface area (Å²) in [6.45, 7) is 4.52. The number of nitro benzene ring substituents is 1. The van der Waals surface area contributed by atoms with Gasteiger partial charge in [-0.2, -0.15) is 0 Å². The van der Waals surface area contributed by atoms with Crippen LogP contribution in [0, 0.1) is 16.0 Å². The highest BCUT2D eigenvalue weighted by atomic mass is 16.6. The van der Waals surface area contributed by atoms with Crippen LogP contribution in [0.2, 0.25) is 0 Å². The van der Waals surface area contributed by atoms with E-state index in [2.05, 4.69) is 24.2 Å². The summed E-state index contributed by atoms with van der Waals surface area (Å²) in [6, 6.07) is 6.36. The highest BCUT2D eigenvalue weighted by Gasteiger charge is 2.14. The van der Waals surface area contributed by atoms with Gasteiger partial charge in [0.2, 0.25) is 0 Å². The van der Waals surface area contributed by atoms with Crippen LogP contribution >= 0.6 is 0 Å². The lowest BCUT2D eigenvalue weighted by Crippen LogP contribution is -2.10. The van der Waals surface area contributed by atoms with Crippen LogP contribution in [-0.2, 0) is 19.6 Å². The minimum Gasteiger partial charge on any atom is -0.390 e. The predicted octanol–water partition coefficient (Wildman–Crippen LogP) is 1.93. The molecule has 2 rings (SSSR count). The highest BCUT2D eigenvalue weighted by Crippen LogP contribution is 2.16. The van der Waals surface area contributed by atoms with E-state index >= 15 is 0 Å². The van der Waals surface area contributed by atoms with Crippen LogP contribution in [-0.4, -0.2) is 25.0 Å². The van der Waals surface area contributed by atoms with E-state index in [1.807, 2.05) is 0 Å². The van der Waals surface area contributed by atoms with Crippen molar-refractivity contribution in [3.8, 4) is 0 Å². The number of hydrogen-bond donors (Lipinski definition) is 1. The quantitative estimate of drug-likeness (QED) is 0.648. The highest BCUT2D eigenvalue weighted by molar-refractivity contribution is 5.33. The Hall–Kier alpha value is -2.28. The van der Waals surface area contributed by atoms with Crippen molar-refractivity contribution in [2.75, 3.05) is 0 Å². The molecule has 2 aromatic rings. The van der Waals surface area contributed by atoms with Crippen molar-refractivity contribution in [1.82, 2.24) is 15.0 Å². The minimum absolute atomic E-state index is 0.0655. The Kier molecular flexibility index (Phi) is 4.64. The average molecular weight is 290 g/mol. The van der Waals surface area contributed by atoms with Gasteiger partial charge in [-0.05, 0) is 17.9 Å². The molecule has 0 saturated heterocycles. The van der Waals surface area contributed by atoms with Crippen LogP contribution in [0.15, 0.2) is 24.3 Å². The number of nitro groups is 1. The lowest BCUT2D eigenvalue weighted by atomic mass is 10.1. The fourth-order valence-electron chi connectivity index (χ4n) is 2.12. The van der Waals surface area contributed by atoms with Gasteiger partial charge < -0.3 is 5.11 Å². The van der Waals surface area contributed by atoms with Crippen molar-refractivity contribution >= 4 is 5.69 Å². The van der Waals surface area contributed by atoms with E-state index in [0.717, 1.165) is 17.7 Å². The number of aliphatic hydroxyl groups excluding tert-OH is 1. The van der Waals surface area contributed by atoms with Gasteiger partial charge in [0.25, 0.3) is 5.69 Å². The van der Waals surface area contributed by atoms with Gasteiger partial charge in [-0.15, -0.1) is 5.10 Å². The van der Waals surface area contributed by atoms with E-state index in [-0.39, 0.29) is 12.3 Å². The van der Waals surface area contributed by atoms with Gasteiger partial charge in [-0.25, -0.2) is 4.68 Å². The number of rotatable bonds is 6. The molecule has 0 radical (unpaired) electrons. The predicted molar refractivity (Wildman–Crippen MR) is 76.7 cm³/mol. The Morgan fingerprint density at radius 3 is 2.52 bits per heavy atom. The average Bonchev–Trinajstić information content (AvgIpc) is 2.81. The molecule has 0 aliphatic heterocycles. The van der Waals surface area contributed by atoms with E-state index in [9.17, 15) is 15.2 Å². The number of aliphatic hydroxyl groups is 1. The number of nitrogens with zero attached hydrogens (tertiary/aromatic N) is 4. The second-order valence-corrected chi connectivity index (χ2v) is 5.32. The molecular formula is C14H18N4O3. The molecule has 0 unspecified atom stereocenters. The molecule has 0 aliphatic rings. The third-order valence-corrected chi connectivity index (χ3v) is 3.15.